The van der Waals surface area contributed by atoms with Crippen LogP contribution in [0.3, 0.4) is 0 Å². The maximum absolute atomic E-state index is 13.5. The van der Waals surface area contributed by atoms with Crippen LogP contribution in [-0.4, -0.2) is 36.5 Å². The lowest BCUT2D eigenvalue weighted by Crippen LogP contribution is -2.36. The first-order chi connectivity index (χ1) is 9.52. The highest BCUT2D eigenvalue weighted by Crippen LogP contribution is 2.25. The molecule has 110 valence electrons. The van der Waals surface area contributed by atoms with Crippen molar-refractivity contribution in [3.63, 3.8) is 0 Å². The Bertz CT molecular complexity index is 503. The molecule has 0 bridgehead atoms. The van der Waals surface area contributed by atoms with Gasteiger partial charge in [-0.25, -0.2) is 8.78 Å². The zero-order valence-electron chi connectivity index (χ0n) is 11.5. The molecule has 0 saturated heterocycles. The highest BCUT2D eigenvalue weighted by Gasteiger charge is 2.27. The molecular formula is C14H19F2N3O. The molecule has 0 radical (unpaired) electrons. The Kier molecular flexibility index (Phi) is 4.54. The van der Waals surface area contributed by atoms with Crippen LogP contribution in [0.5, 0.6) is 0 Å². The molecule has 0 unspecified atom stereocenters. The van der Waals surface area contributed by atoms with E-state index in [9.17, 15) is 13.6 Å². The first-order valence-corrected chi connectivity index (χ1v) is 6.79. The standard InChI is InChI=1S/C14H19F2N3O/c1-2-19(9-3-4-9)6-5-18-14(20)10-7-13(17)12(16)8-11(10)15/h7-9H,2-6,17H2,1H3,(H,18,20). The Labute approximate surface area is 116 Å². The van der Waals surface area contributed by atoms with Crippen LogP contribution in [0.25, 0.3) is 0 Å². The number of halogens is 2. The van der Waals surface area contributed by atoms with Crippen LogP contribution < -0.4 is 11.1 Å². The second-order valence-corrected chi connectivity index (χ2v) is 4.97. The van der Waals surface area contributed by atoms with Crippen molar-refractivity contribution in [1.82, 2.24) is 10.2 Å². The summed E-state index contributed by atoms with van der Waals surface area (Å²) in [6.07, 6.45) is 2.40. The molecule has 1 aromatic rings. The molecule has 1 amide bonds. The van der Waals surface area contributed by atoms with Gasteiger partial charge in [0.25, 0.3) is 5.91 Å². The SMILES string of the molecule is CCN(CCNC(=O)c1cc(N)c(F)cc1F)C1CC1. The van der Waals surface area contributed by atoms with Crippen LogP contribution in [0.4, 0.5) is 14.5 Å². The smallest absolute Gasteiger partial charge is 0.254 e. The first kappa shape index (κ1) is 14.7. The van der Waals surface area contributed by atoms with Gasteiger partial charge in [-0.1, -0.05) is 6.92 Å². The van der Waals surface area contributed by atoms with E-state index in [0.717, 1.165) is 19.2 Å². The second-order valence-electron chi connectivity index (χ2n) is 4.97. The Hall–Kier alpha value is -1.69. The van der Waals surface area contributed by atoms with Crippen molar-refractivity contribution in [2.75, 3.05) is 25.4 Å². The lowest BCUT2D eigenvalue weighted by Gasteiger charge is -2.19. The molecule has 0 aromatic heterocycles. The minimum atomic E-state index is -0.899. The molecule has 6 heteroatoms. The van der Waals surface area contributed by atoms with E-state index in [0.29, 0.717) is 18.7 Å². The molecule has 0 heterocycles. The van der Waals surface area contributed by atoms with E-state index >= 15 is 0 Å². The minimum absolute atomic E-state index is 0.224. The van der Waals surface area contributed by atoms with Gasteiger partial charge in [0.15, 0.2) is 0 Å². The quantitative estimate of drug-likeness (QED) is 0.782. The highest BCUT2D eigenvalue weighted by molar-refractivity contribution is 5.95. The molecule has 3 N–H and O–H groups in total. The number of hydrogen-bond donors (Lipinski definition) is 2. The number of nitrogens with two attached hydrogens (primary N) is 1. The van der Waals surface area contributed by atoms with Crippen molar-refractivity contribution in [1.29, 1.82) is 0 Å². The first-order valence-electron chi connectivity index (χ1n) is 6.79. The predicted octanol–water partition coefficient (Wildman–Crippen LogP) is 1.76. The number of carbonyl (C=O) groups is 1. The van der Waals surface area contributed by atoms with Crippen molar-refractivity contribution in [3.05, 3.63) is 29.3 Å². The molecular weight excluding hydrogens is 264 g/mol. The van der Waals surface area contributed by atoms with Crippen molar-refractivity contribution in [2.24, 2.45) is 0 Å². The summed E-state index contributed by atoms with van der Waals surface area (Å²) in [5, 5.41) is 2.64. The average Bonchev–Trinajstić information content (AvgIpc) is 3.23. The van der Waals surface area contributed by atoms with Crippen LogP contribution in [0.2, 0.25) is 0 Å². The fourth-order valence-electron chi connectivity index (χ4n) is 2.19. The number of nitrogen functional groups attached to an aromatic ring is 1. The summed E-state index contributed by atoms with van der Waals surface area (Å²) in [7, 11) is 0. The number of carbonyl (C=O) groups excluding carboxylic acids is 1. The van der Waals surface area contributed by atoms with E-state index in [1.165, 1.54) is 12.8 Å². The molecule has 0 spiro atoms. The molecule has 1 aliphatic carbocycles. The van der Waals surface area contributed by atoms with Crippen molar-refractivity contribution < 1.29 is 13.6 Å². The van der Waals surface area contributed by atoms with Gasteiger partial charge in [0, 0.05) is 25.2 Å². The third-order valence-corrected chi connectivity index (χ3v) is 3.49. The number of benzene rings is 1. The third kappa shape index (κ3) is 3.45. The van der Waals surface area contributed by atoms with Crippen LogP contribution in [0.15, 0.2) is 12.1 Å². The van der Waals surface area contributed by atoms with Crippen molar-refractivity contribution >= 4 is 11.6 Å². The zero-order valence-corrected chi connectivity index (χ0v) is 11.5. The lowest BCUT2D eigenvalue weighted by atomic mass is 10.1. The number of rotatable bonds is 6. The topological polar surface area (TPSA) is 58.4 Å². The van der Waals surface area contributed by atoms with Gasteiger partial charge in [-0.05, 0) is 25.5 Å². The molecule has 1 saturated carbocycles. The zero-order chi connectivity index (χ0) is 14.7. The molecule has 2 rings (SSSR count). The Morgan fingerprint density at radius 2 is 2.10 bits per heavy atom. The van der Waals surface area contributed by atoms with E-state index in [-0.39, 0.29) is 11.3 Å². The van der Waals surface area contributed by atoms with E-state index in [4.69, 9.17) is 5.73 Å². The van der Waals surface area contributed by atoms with Gasteiger partial charge >= 0.3 is 0 Å². The van der Waals surface area contributed by atoms with Gasteiger partial charge < -0.3 is 11.1 Å². The number of amides is 1. The Morgan fingerprint density at radius 1 is 1.40 bits per heavy atom. The average molecular weight is 283 g/mol. The number of anilines is 1. The number of nitrogens with zero attached hydrogens (tertiary/aromatic N) is 1. The highest BCUT2D eigenvalue weighted by atomic mass is 19.1. The van der Waals surface area contributed by atoms with Crippen LogP contribution >= 0.6 is 0 Å². The van der Waals surface area contributed by atoms with Gasteiger partial charge in [0.1, 0.15) is 11.6 Å². The van der Waals surface area contributed by atoms with Gasteiger partial charge in [0.05, 0.1) is 11.3 Å². The minimum Gasteiger partial charge on any atom is -0.396 e. The van der Waals surface area contributed by atoms with E-state index < -0.39 is 17.5 Å². The van der Waals surface area contributed by atoms with Crippen LogP contribution in [0.1, 0.15) is 30.1 Å². The van der Waals surface area contributed by atoms with Gasteiger partial charge in [0.2, 0.25) is 0 Å². The van der Waals surface area contributed by atoms with Crippen molar-refractivity contribution in [3.8, 4) is 0 Å². The lowest BCUT2D eigenvalue weighted by molar-refractivity contribution is 0.0944. The van der Waals surface area contributed by atoms with Crippen LogP contribution in [0, 0.1) is 11.6 Å². The molecule has 4 nitrogen and oxygen atoms in total. The monoisotopic (exact) mass is 283 g/mol. The molecule has 0 aliphatic heterocycles. The Morgan fingerprint density at radius 3 is 2.70 bits per heavy atom. The molecule has 0 atom stereocenters. The summed E-state index contributed by atoms with van der Waals surface area (Å²) in [6.45, 7) is 4.16. The molecule has 1 aliphatic rings. The van der Waals surface area contributed by atoms with Crippen molar-refractivity contribution in [2.45, 2.75) is 25.8 Å². The fraction of sp³-hybridized carbons (Fsp3) is 0.500. The largest absolute Gasteiger partial charge is 0.396 e. The molecule has 20 heavy (non-hydrogen) atoms. The summed E-state index contributed by atoms with van der Waals surface area (Å²) in [4.78, 5) is 14.1. The third-order valence-electron chi connectivity index (χ3n) is 3.49. The summed E-state index contributed by atoms with van der Waals surface area (Å²) >= 11 is 0. The van der Waals surface area contributed by atoms with E-state index in [1.807, 2.05) is 0 Å². The Balaban J connectivity index is 1.90. The summed E-state index contributed by atoms with van der Waals surface area (Å²) in [5.41, 5.74) is 4.89. The number of nitrogens with one attached hydrogen (secondary N) is 1. The maximum Gasteiger partial charge on any atom is 0.254 e. The normalized spacial score (nSPS) is 14.6. The number of hydrogen-bond acceptors (Lipinski definition) is 3. The number of likely N-dealkylation sites (N-methyl/N-ethyl adjacent to an activating group) is 1. The molecule has 1 fully saturated rings. The fourth-order valence-corrected chi connectivity index (χ4v) is 2.19. The van der Waals surface area contributed by atoms with Gasteiger partial charge in [-0.2, -0.15) is 0 Å². The van der Waals surface area contributed by atoms with Gasteiger partial charge in [-0.15, -0.1) is 0 Å². The second kappa shape index (κ2) is 6.17. The maximum atomic E-state index is 13.5. The predicted molar refractivity (Wildman–Crippen MR) is 73.4 cm³/mol. The van der Waals surface area contributed by atoms with Gasteiger partial charge in [-0.3, -0.25) is 9.69 Å². The summed E-state index contributed by atoms with van der Waals surface area (Å²) < 4.78 is 26.5. The molecule has 1 aromatic carbocycles. The summed E-state index contributed by atoms with van der Waals surface area (Å²) in [6, 6.07) is 2.28. The summed E-state index contributed by atoms with van der Waals surface area (Å²) in [5.74, 6) is -2.32. The van der Waals surface area contributed by atoms with E-state index in [1.54, 1.807) is 0 Å². The van der Waals surface area contributed by atoms with E-state index in [2.05, 4.69) is 17.1 Å². The van der Waals surface area contributed by atoms with Crippen LogP contribution in [-0.2, 0) is 0 Å².